The summed E-state index contributed by atoms with van der Waals surface area (Å²) in [6, 6.07) is 0. The van der Waals surface area contributed by atoms with E-state index in [1.165, 1.54) is 83.5 Å². The summed E-state index contributed by atoms with van der Waals surface area (Å²) in [5.74, 6) is 3.19. The maximum atomic E-state index is 2.34. The van der Waals surface area contributed by atoms with Crippen LogP contribution in [-0.4, -0.2) is 0 Å². The van der Waals surface area contributed by atoms with E-state index in [9.17, 15) is 0 Å². The van der Waals surface area contributed by atoms with E-state index in [2.05, 4.69) is 20.8 Å². The Kier molecular flexibility index (Phi) is 9.65. The minimum Gasteiger partial charge on any atom is -0.0654 e. The van der Waals surface area contributed by atoms with E-state index >= 15 is 0 Å². The molecule has 1 fully saturated rings. The van der Waals surface area contributed by atoms with Crippen molar-refractivity contribution < 1.29 is 0 Å². The van der Waals surface area contributed by atoms with Crippen molar-refractivity contribution in [2.24, 2.45) is 17.8 Å². The molecule has 0 heteroatoms. The second kappa shape index (κ2) is 10.7. The second-order valence-corrected chi connectivity index (χ2v) is 7.05. The van der Waals surface area contributed by atoms with E-state index in [0.717, 1.165) is 17.8 Å². The summed E-state index contributed by atoms with van der Waals surface area (Å²) in [5.41, 5.74) is 0. The molecule has 0 aromatic rings. The highest BCUT2D eigenvalue weighted by Crippen LogP contribution is 2.34. The molecule has 0 aliphatic heterocycles. The van der Waals surface area contributed by atoms with Crippen molar-refractivity contribution >= 4 is 0 Å². The summed E-state index contributed by atoms with van der Waals surface area (Å²) in [7, 11) is 0. The van der Waals surface area contributed by atoms with Crippen LogP contribution in [0.3, 0.4) is 0 Å². The Morgan fingerprint density at radius 2 is 1.21 bits per heavy atom. The molecule has 0 bridgehead atoms. The molecule has 0 aromatic carbocycles. The molecule has 1 aliphatic carbocycles. The fourth-order valence-electron chi connectivity index (χ4n) is 4.16. The molecule has 0 atom stereocenters. The number of hydrogen-bond donors (Lipinski definition) is 0. The van der Waals surface area contributed by atoms with Crippen molar-refractivity contribution in [1.82, 2.24) is 0 Å². The van der Waals surface area contributed by atoms with Crippen molar-refractivity contribution in [3.8, 4) is 0 Å². The summed E-state index contributed by atoms with van der Waals surface area (Å²) >= 11 is 0. The van der Waals surface area contributed by atoms with Crippen LogP contribution in [0.5, 0.6) is 0 Å². The normalized spacial score (nSPS) is 24.0. The average molecular weight is 267 g/mol. The van der Waals surface area contributed by atoms with Crippen LogP contribution in [0, 0.1) is 17.8 Å². The van der Waals surface area contributed by atoms with Crippen LogP contribution in [0.25, 0.3) is 0 Å². The molecule has 0 saturated heterocycles. The topological polar surface area (TPSA) is 0 Å². The highest BCUT2D eigenvalue weighted by Gasteiger charge is 2.20. The van der Waals surface area contributed by atoms with E-state index < -0.39 is 0 Å². The van der Waals surface area contributed by atoms with Gasteiger partial charge in [0.25, 0.3) is 0 Å². The Hall–Kier alpha value is 0. The summed E-state index contributed by atoms with van der Waals surface area (Å²) in [6.07, 6.45) is 19.3. The molecular formula is C19H38. The summed E-state index contributed by atoms with van der Waals surface area (Å²) < 4.78 is 0. The minimum atomic E-state index is 1.03. The van der Waals surface area contributed by atoms with Gasteiger partial charge in [-0.05, 0) is 17.8 Å². The smallest absolute Gasteiger partial charge is 0.0414 e. The maximum absolute atomic E-state index is 2.34. The lowest BCUT2D eigenvalue weighted by atomic mass is 9.77. The van der Waals surface area contributed by atoms with Crippen LogP contribution in [0.2, 0.25) is 0 Å². The Morgan fingerprint density at radius 1 is 0.684 bits per heavy atom. The first-order valence-corrected chi connectivity index (χ1v) is 9.30. The van der Waals surface area contributed by atoms with Gasteiger partial charge in [0.15, 0.2) is 0 Å². The second-order valence-electron chi connectivity index (χ2n) is 7.05. The van der Waals surface area contributed by atoms with Gasteiger partial charge in [0.05, 0.1) is 0 Å². The third-order valence-electron chi connectivity index (χ3n) is 5.28. The first-order valence-electron chi connectivity index (χ1n) is 9.30. The van der Waals surface area contributed by atoms with Crippen molar-refractivity contribution in [1.29, 1.82) is 0 Å². The molecule has 19 heavy (non-hydrogen) atoms. The Morgan fingerprint density at radius 3 is 1.68 bits per heavy atom. The maximum Gasteiger partial charge on any atom is -0.0414 e. The fourth-order valence-corrected chi connectivity index (χ4v) is 4.16. The lowest BCUT2D eigenvalue weighted by Crippen LogP contribution is -2.14. The zero-order chi connectivity index (χ0) is 13.9. The van der Waals surface area contributed by atoms with Crippen LogP contribution >= 0.6 is 0 Å². The predicted octanol–water partition coefficient (Wildman–Crippen LogP) is 6.98. The zero-order valence-corrected chi connectivity index (χ0v) is 13.9. The summed E-state index contributed by atoms with van der Waals surface area (Å²) in [4.78, 5) is 0. The SMILES string of the molecule is CCCC(CCC)CCCC1CCC(CCC)CC1. The number of hydrogen-bond acceptors (Lipinski definition) is 0. The van der Waals surface area contributed by atoms with E-state index in [1.807, 2.05) is 0 Å². The van der Waals surface area contributed by atoms with Gasteiger partial charge in [0.1, 0.15) is 0 Å². The zero-order valence-electron chi connectivity index (χ0n) is 13.9. The summed E-state index contributed by atoms with van der Waals surface area (Å²) in [5, 5.41) is 0. The molecular weight excluding hydrogens is 228 g/mol. The average Bonchev–Trinajstić information content (AvgIpc) is 2.41. The molecule has 0 unspecified atom stereocenters. The lowest BCUT2D eigenvalue weighted by Gasteiger charge is -2.28. The highest BCUT2D eigenvalue weighted by atomic mass is 14.3. The Balaban J connectivity index is 2.09. The monoisotopic (exact) mass is 266 g/mol. The fraction of sp³-hybridized carbons (Fsp3) is 1.00. The molecule has 0 spiro atoms. The lowest BCUT2D eigenvalue weighted by molar-refractivity contribution is 0.242. The Labute approximate surface area is 122 Å². The van der Waals surface area contributed by atoms with Gasteiger partial charge in [0, 0.05) is 0 Å². The van der Waals surface area contributed by atoms with E-state index in [-0.39, 0.29) is 0 Å². The van der Waals surface area contributed by atoms with Crippen molar-refractivity contribution in [3.63, 3.8) is 0 Å². The largest absolute Gasteiger partial charge is 0.0654 e. The third kappa shape index (κ3) is 7.37. The molecule has 1 aliphatic rings. The van der Waals surface area contributed by atoms with Crippen LogP contribution < -0.4 is 0 Å². The highest BCUT2D eigenvalue weighted by molar-refractivity contribution is 4.73. The first-order chi connectivity index (χ1) is 9.30. The van der Waals surface area contributed by atoms with Gasteiger partial charge in [0.2, 0.25) is 0 Å². The van der Waals surface area contributed by atoms with Gasteiger partial charge < -0.3 is 0 Å². The van der Waals surface area contributed by atoms with Crippen molar-refractivity contribution in [3.05, 3.63) is 0 Å². The molecule has 114 valence electrons. The van der Waals surface area contributed by atoms with Gasteiger partial charge in [-0.2, -0.15) is 0 Å². The molecule has 0 aromatic heterocycles. The number of rotatable bonds is 10. The third-order valence-corrected chi connectivity index (χ3v) is 5.28. The quantitative estimate of drug-likeness (QED) is 0.400. The molecule has 1 rings (SSSR count). The standard InChI is InChI=1S/C19H38/c1-4-8-17(9-5-2)11-7-12-19-15-13-18(10-6-3)14-16-19/h17-19H,4-16H2,1-3H3. The molecule has 0 nitrogen and oxygen atoms in total. The molecule has 0 amide bonds. The summed E-state index contributed by atoms with van der Waals surface area (Å²) in [6.45, 7) is 7.03. The van der Waals surface area contributed by atoms with Gasteiger partial charge in [-0.1, -0.05) is 104 Å². The first kappa shape index (κ1) is 17.1. The van der Waals surface area contributed by atoms with Crippen LogP contribution in [0.15, 0.2) is 0 Å². The van der Waals surface area contributed by atoms with Gasteiger partial charge in [-0.3, -0.25) is 0 Å². The van der Waals surface area contributed by atoms with E-state index in [4.69, 9.17) is 0 Å². The van der Waals surface area contributed by atoms with Crippen molar-refractivity contribution in [2.45, 2.75) is 104 Å². The molecule has 0 heterocycles. The molecule has 0 N–H and O–H groups in total. The van der Waals surface area contributed by atoms with E-state index in [0.29, 0.717) is 0 Å². The van der Waals surface area contributed by atoms with Crippen LogP contribution in [0.1, 0.15) is 104 Å². The van der Waals surface area contributed by atoms with E-state index in [1.54, 1.807) is 0 Å². The minimum absolute atomic E-state index is 1.03. The van der Waals surface area contributed by atoms with Crippen LogP contribution in [0.4, 0.5) is 0 Å². The van der Waals surface area contributed by atoms with Gasteiger partial charge in [-0.15, -0.1) is 0 Å². The van der Waals surface area contributed by atoms with Gasteiger partial charge in [-0.25, -0.2) is 0 Å². The van der Waals surface area contributed by atoms with Crippen molar-refractivity contribution in [2.75, 3.05) is 0 Å². The molecule has 0 radical (unpaired) electrons. The van der Waals surface area contributed by atoms with Crippen LogP contribution in [-0.2, 0) is 0 Å². The Bertz CT molecular complexity index is 182. The molecule has 1 saturated carbocycles. The predicted molar refractivity (Wildman–Crippen MR) is 87.5 cm³/mol. The van der Waals surface area contributed by atoms with Gasteiger partial charge >= 0.3 is 0 Å².